The molecule has 0 spiro atoms. The quantitative estimate of drug-likeness (QED) is 0.635. The largest absolute Gasteiger partial charge is 0.480 e. The lowest BCUT2D eigenvalue weighted by molar-refractivity contribution is -0.138. The van der Waals surface area contributed by atoms with Gasteiger partial charge in [0.15, 0.2) is 0 Å². The maximum atomic E-state index is 12.2. The highest BCUT2D eigenvalue weighted by Crippen LogP contribution is 2.20. The number of carboxylic acid groups (broad SMARTS) is 1. The number of carbonyl (C=O) groups is 2. The summed E-state index contributed by atoms with van der Waals surface area (Å²) >= 11 is 0. The van der Waals surface area contributed by atoms with E-state index in [0.29, 0.717) is 19.6 Å². The van der Waals surface area contributed by atoms with Gasteiger partial charge in [0.1, 0.15) is 5.82 Å². The number of amides is 1. The standard InChI is InChI=1S/C18H26N4O3/c23-16(24)12-22-10-7-14(11-22)18(25)20-9-2-4-15-6-5-13-3-1-8-19-17(13)21-15/h5-6,14H,1-4,7-12H2,(H,19,21)(H,20,25)(H,23,24)/t14-/m1/s1. The highest BCUT2D eigenvalue weighted by molar-refractivity contribution is 5.79. The predicted octanol–water partition coefficient (Wildman–Crippen LogP) is 0.895. The summed E-state index contributed by atoms with van der Waals surface area (Å²) in [6, 6.07) is 4.23. The molecule has 1 saturated heterocycles. The molecular formula is C18H26N4O3. The molecule has 0 unspecified atom stereocenters. The van der Waals surface area contributed by atoms with E-state index in [2.05, 4.69) is 27.8 Å². The Kier molecular flexibility index (Phi) is 5.86. The summed E-state index contributed by atoms with van der Waals surface area (Å²) in [4.78, 5) is 29.4. The average molecular weight is 346 g/mol. The molecule has 0 aliphatic carbocycles. The molecule has 1 aromatic heterocycles. The molecule has 0 aromatic carbocycles. The van der Waals surface area contributed by atoms with Gasteiger partial charge in [-0.1, -0.05) is 6.07 Å². The van der Waals surface area contributed by atoms with Gasteiger partial charge < -0.3 is 15.7 Å². The van der Waals surface area contributed by atoms with Crippen molar-refractivity contribution in [2.24, 2.45) is 5.92 Å². The second kappa shape index (κ2) is 8.29. The van der Waals surface area contributed by atoms with Crippen molar-refractivity contribution in [3.8, 4) is 0 Å². The summed E-state index contributed by atoms with van der Waals surface area (Å²) in [5, 5.41) is 15.1. The molecule has 0 saturated carbocycles. The number of anilines is 1. The summed E-state index contributed by atoms with van der Waals surface area (Å²) in [6.45, 7) is 2.84. The first-order valence-electron chi connectivity index (χ1n) is 9.06. The molecule has 1 fully saturated rings. The number of carboxylic acids is 1. The molecule has 1 amide bonds. The number of hydrogen-bond donors (Lipinski definition) is 3. The molecule has 7 heteroatoms. The zero-order valence-corrected chi connectivity index (χ0v) is 14.5. The molecule has 3 rings (SSSR count). The third-order valence-electron chi connectivity index (χ3n) is 4.86. The van der Waals surface area contributed by atoms with Crippen molar-refractivity contribution in [2.75, 3.05) is 38.0 Å². The average Bonchev–Trinajstić information content (AvgIpc) is 3.06. The fourth-order valence-corrected chi connectivity index (χ4v) is 3.52. The highest BCUT2D eigenvalue weighted by Gasteiger charge is 2.28. The van der Waals surface area contributed by atoms with Gasteiger partial charge in [0.2, 0.25) is 5.91 Å². The van der Waals surface area contributed by atoms with Crippen LogP contribution in [-0.2, 0) is 22.4 Å². The van der Waals surface area contributed by atoms with Gasteiger partial charge in [-0.05, 0) is 50.3 Å². The van der Waals surface area contributed by atoms with E-state index >= 15 is 0 Å². The number of pyridine rings is 1. The van der Waals surface area contributed by atoms with Gasteiger partial charge >= 0.3 is 5.97 Å². The Balaban J connectivity index is 1.37. The molecule has 0 radical (unpaired) electrons. The second-order valence-electron chi connectivity index (χ2n) is 6.85. The number of hydrogen-bond acceptors (Lipinski definition) is 5. The Labute approximate surface area is 147 Å². The van der Waals surface area contributed by atoms with Crippen LogP contribution in [0.3, 0.4) is 0 Å². The van der Waals surface area contributed by atoms with Crippen LogP contribution >= 0.6 is 0 Å². The molecule has 3 heterocycles. The lowest BCUT2D eigenvalue weighted by Crippen LogP contribution is -2.34. The van der Waals surface area contributed by atoms with Crippen molar-refractivity contribution < 1.29 is 14.7 Å². The van der Waals surface area contributed by atoms with Crippen LogP contribution < -0.4 is 10.6 Å². The first-order chi connectivity index (χ1) is 12.1. The van der Waals surface area contributed by atoms with Crippen LogP contribution in [0.1, 0.15) is 30.5 Å². The number of aromatic nitrogens is 1. The lowest BCUT2D eigenvalue weighted by Gasteiger charge is -2.17. The normalized spacial score (nSPS) is 19.9. The van der Waals surface area contributed by atoms with E-state index in [-0.39, 0.29) is 18.4 Å². The minimum absolute atomic E-state index is 0.0157. The number of aliphatic carboxylic acids is 1. The molecule has 3 N–H and O–H groups in total. The van der Waals surface area contributed by atoms with Gasteiger partial charge in [0.05, 0.1) is 12.5 Å². The Morgan fingerprint density at radius 3 is 3.12 bits per heavy atom. The zero-order valence-electron chi connectivity index (χ0n) is 14.5. The van der Waals surface area contributed by atoms with Gasteiger partial charge in [-0.3, -0.25) is 14.5 Å². The molecule has 136 valence electrons. The van der Waals surface area contributed by atoms with E-state index in [1.165, 1.54) is 5.56 Å². The number of likely N-dealkylation sites (tertiary alicyclic amines) is 1. The van der Waals surface area contributed by atoms with Crippen LogP contribution in [0.2, 0.25) is 0 Å². The Bertz CT molecular complexity index is 635. The van der Waals surface area contributed by atoms with E-state index in [4.69, 9.17) is 5.11 Å². The van der Waals surface area contributed by atoms with Crippen LogP contribution in [0, 0.1) is 5.92 Å². The molecule has 2 aliphatic heterocycles. The number of aryl methyl sites for hydroxylation is 2. The summed E-state index contributed by atoms with van der Waals surface area (Å²) in [6.07, 6.45) is 4.67. The van der Waals surface area contributed by atoms with E-state index in [9.17, 15) is 9.59 Å². The summed E-state index contributed by atoms with van der Waals surface area (Å²) < 4.78 is 0. The molecule has 0 bridgehead atoms. The third-order valence-corrected chi connectivity index (χ3v) is 4.86. The van der Waals surface area contributed by atoms with Crippen LogP contribution in [0.5, 0.6) is 0 Å². The van der Waals surface area contributed by atoms with Crippen LogP contribution in [0.4, 0.5) is 5.82 Å². The number of nitrogens with one attached hydrogen (secondary N) is 2. The van der Waals surface area contributed by atoms with Gasteiger partial charge in [-0.2, -0.15) is 0 Å². The summed E-state index contributed by atoms with van der Waals surface area (Å²) in [5.74, 6) is 0.115. The van der Waals surface area contributed by atoms with Crippen molar-refractivity contribution in [1.82, 2.24) is 15.2 Å². The van der Waals surface area contributed by atoms with E-state index in [0.717, 1.165) is 50.2 Å². The van der Waals surface area contributed by atoms with E-state index in [1.54, 1.807) is 0 Å². The minimum Gasteiger partial charge on any atom is -0.480 e. The Morgan fingerprint density at radius 1 is 1.40 bits per heavy atom. The summed E-state index contributed by atoms with van der Waals surface area (Å²) in [7, 11) is 0. The molecule has 25 heavy (non-hydrogen) atoms. The van der Waals surface area contributed by atoms with Gasteiger partial charge in [-0.15, -0.1) is 0 Å². The van der Waals surface area contributed by atoms with Crippen molar-refractivity contribution in [2.45, 2.75) is 32.1 Å². The SMILES string of the molecule is O=C(O)CN1CC[C@@H](C(=O)NCCCc2ccc3c(n2)NCCC3)C1. The Morgan fingerprint density at radius 2 is 2.28 bits per heavy atom. The van der Waals surface area contributed by atoms with Crippen molar-refractivity contribution in [3.63, 3.8) is 0 Å². The number of rotatable bonds is 7. The highest BCUT2D eigenvalue weighted by atomic mass is 16.4. The molecule has 1 aromatic rings. The number of carbonyl (C=O) groups excluding carboxylic acids is 1. The molecule has 2 aliphatic rings. The van der Waals surface area contributed by atoms with Crippen molar-refractivity contribution >= 4 is 17.7 Å². The second-order valence-corrected chi connectivity index (χ2v) is 6.85. The maximum absolute atomic E-state index is 12.2. The maximum Gasteiger partial charge on any atom is 0.317 e. The van der Waals surface area contributed by atoms with Gasteiger partial charge in [-0.25, -0.2) is 4.98 Å². The topological polar surface area (TPSA) is 94.6 Å². The van der Waals surface area contributed by atoms with Crippen molar-refractivity contribution in [1.29, 1.82) is 0 Å². The van der Waals surface area contributed by atoms with Gasteiger partial charge in [0, 0.05) is 25.3 Å². The number of nitrogens with zero attached hydrogens (tertiary/aromatic N) is 2. The van der Waals surface area contributed by atoms with Crippen LogP contribution in [0.15, 0.2) is 12.1 Å². The van der Waals surface area contributed by atoms with E-state index in [1.807, 2.05) is 4.90 Å². The third kappa shape index (κ3) is 4.92. The molecule has 7 nitrogen and oxygen atoms in total. The smallest absolute Gasteiger partial charge is 0.317 e. The first-order valence-corrected chi connectivity index (χ1v) is 9.06. The minimum atomic E-state index is -0.840. The van der Waals surface area contributed by atoms with Crippen LogP contribution in [-0.4, -0.2) is 59.6 Å². The molecule has 1 atom stereocenters. The Hall–Kier alpha value is -2.15. The monoisotopic (exact) mass is 346 g/mol. The van der Waals surface area contributed by atoms with Crippen LogP contribution in [0.25, 0.3) is 0 Å². The predicted molar refractivity (Wildman–Crippen MR) is 94.6 cm³/mol. The van der Waals surface area contributed by atoms with Crippen molar-refractivity contribution in [3.05, 3.63) is 23.4 Å². The van der Waals surface area contributed by atoms with Gasteiger partial charge in [0.25, 0.3) is 0 Å². The lowest BCUT2D eigenvalue weighted by atomic mass is 10.1. The molecular weight excluding hydrogens is 320 g/mol. The fraction of sp³-hybridized carbons (Fsp3) is 0.611. The fourth-order valence-electron chi connectivity index (χ4n) is 3.52. The number of fused-ring (bicyclic) bond motifs is 1. The first kappa shape index (κ1) is 17.7. The summed E-state index contributed by atoms with van der Waals surface area (Å²) in [5.41, 5.74) is 2.34. The van der Waals surface area contributed by atoms with E-state index < -0.39 is 5.97 Å². The zero-order chi connectivity index (χ0) is 17.6.